The van der Waals surface area contributed by atoms with Crippen LogP contribution in [0.25, 0.3) is 0 Å². The lowest BCUT2D eigenvalue weighted by Crippen LogP contribution is -2.39. The average Bonchev–Trinajstić information content (AvgIpc) is 2.63. The van der Waals surface area contributed by atoms with E-state index < -0.39 is 0 Å². The quantitative estimate of drug-likeness (QED) is 0.766. The number of ether oxygens (including phenoxy) is 1. The topological polar surface area (TPSA) is 58.6 Å². The first-order chi connectivity index (χ1) is 12.1. The van der Waals surface area contributed by atoms with E-state index in [-0.39, 0.29) is 17.6 Å². The van der Waals surface area contributed by atoms with Crippen molar-refractivity contribution >= 4 is 29.3 Å². The highest BCUT2D eigenvalue weighted by Gasteiger charge is 2.21. The Morgan fingerprint density at radius 2 is 1.84 bits per heavy atom. The fourth-order valence-electron chi connectivity index (χ4n) is 3.00. The minimum atomic E-state index is -0.0951. The normalized spacial score (nSPS) is 14.8. The highest BCUT2D eigenvalue weighted by Crippen LogP contribution is 2.22. The highest BCUT2D eigenvalue weighted by molar-refractivity contribution is 8.00. The van der Waals surface area contributed by atoms with Crippen molar-refractivity contribution in [3.63, 3.8) is 0 Å². The molecule has 6 heteroatoms. The van der Waals surface area contributed by atoms with Crippen LogP contribution in [0.3, 0.4) is 0 Å². The van der Waals surface area contributed by atoms with Gasteiger partial charge in [0.1, 0.15) is 5.75 Å². The zero-order valence-corrected chi connectivity index (χ0v) is 15.9. The molecule has 0 aliphatic heterocycles. The Kier molecular flexibility index (Phi) is 8.12. The summed E-state index contributed by atoms with van der Waals surface area (Å²) in [5.74, 6) is 1.43. The summed E-state index contributed by atoms with van der Waals surface area (Å²) in [5.41, 5.74) is 0.736. The monoisotopic (exact) mass is 364 g/mol. The van der Waals surface area contributed by atoms with E-state index in [2.05, 4.69) is 5.32 Å². The van der Waals surface area contributed by atoms with Crippen LogP contribution in [0, 0.1) is 0 Å². The van der Waals surface area contributed by atoms with Crippen LogP contribution >= 0.6 is 11.8 Å². The van der Waals surface area contributed by atoms with Gasteiger partial charge in [0.15, 0.2) is 0 Å². The molecule has 1 aromatic rings. The van der Waals surface area contributed by atoms with Crippen LogP contribution in [0.5, 0.6) is 5.75 Å². The van der Waals surface area contributed by atoms with Gasteiger partial charge in [-0.3, -0.25) is 9.59 Å². The van der Waals surface area contributed by atoms with E-state index in [1.807, 2.05) is 43.1 Å². The Morgan fingerprint density at radius 3 is 2.48 bits per heavy atom. The van der Waals surface area contributed by atoms with E-state index in [9.17, 15) is 9.59 Å². The third-order valence-electron chi connectivity index (χ3n) is 4.42. The van der Waals surface area contributed by atoms with Gasteiger partial charge in [0.25, 0.3) is 0 Å². The Balaban J connectivity index is 1.68. The minimum Gasteiger partial charge on any atom is -0.494 e. The third kappa shape index (κ3) is 6.61. The number of benzene rings is 1. The third-order valence-corrected chi connectivity index (χ3v) is 5.34. The number of carbonyl (C=O) groups excluding carboxylic acids is 2. The number of amides is 2. The summed E-state index contributed by atoms with van der Waals surface area (Å²) in [7, 11) is 1.89. The molecule has 1 N–H and O–H groups in total. The van der Waals surface area contributed by atoms with E-state index in [0.717, 1.165) is 24.3 Å². The highest BCUT2D eigenvalue weighted by atomic mass is 32.2. The summed E-state index contributed by atoms with van der Waals surface area (Å²) >= 11 is 1.36. The van der Waals surface area contributed by atoms with Gasteiger partial charge in [0.05, 0.1) is 18.1 Å². The van der Waals surface area contributed by atoms with E-state index in [1.165, 1.54) is 31.0 Å². The minimum absolute atomic E-state index is 0.0951. The van der Waals surface area contributed by atoms with Crippen molar-refractivity contribution in [2.75, 3.05) is 30.5 Å². The number of thioether (sulfide) groups is 1. The molecule has 0 atom stereocenters. The van der Waals surface area contributed by atoms with Gasteiger partial charge in [-0.25, -0.2) is 0 Å². The molecule has 1 aliphatic carbocycles. The van der Waals surface area contributed by atoms with E-state index in [1.54, 1.807) is 0 Å². The average molecular weight is 365 g/mol. The number of carbonyl (C=O) groups is 2. The van der Waals surface area contributed by atoms with Crippen LogP contribution in [-0.4, -0.2) is 47.9 Å². The van der Waals surface area contributed by atoms with Gasteiger partial charge >= 0.3 is 0 Å². The van der Waals surface area contributed by atoms with Crippen molar-refractivity contribution in [3.8, 4) is 5.75 Å². The zero-order valence-electron chi connectivity index (χ0n) is 15.1. The molecule has 0 saturated heterocycles. The summed E-state index contributed by atoms with van der Waals surface area (Å²) in [5, 5.41) is 2.84. The number of rotatable bonds is 8. The first-order valence-electron chi connectivity index (χ1n) is 8.96. The molecule has 0 spiro atoms. The summed E-state index contributed by atoms with van der Waals surface area (Å²) < 4.78 is 5.37. The fraction of sp³-hybridized carbons (Fsp3) is 0.579. The van der Waals surface area contributed by atoms with Gasteiger partial charge in [-0.1, -0.05) is 19.3 Å². The molecule has 0 heterocycles. The molecule has 0 bridgehead atoms. The van der Waals surface area contributed by atoms with Crippen molar-refractivity contribution in [1.29, 1.82) is 0 Å². The van der Waals surface area contributed by atoms with E-state index in [4.69, 9.17) is 4.74 Å². The van der Waals surface area contributed by atoms with Crippen LogP contribution in [0.15, 0.2) is 24.3 Å². The molecule has 5 nitrogen and oxygen atoms in total. The van der Waals surface area contributed by atoms with Crippen LogP contribution in [0.2, 0.25) is 0 Å². The molecule has 1 aromatic carbocycles. The van der Waals surface area contributed by atoms with Gasteiger partial charge in [0.2, 0.25) is 11.8 Å². The molecular formula is C19H28N2O3S. The van der Waals surface area contributed by atoms with Crippen molar-refractivity contribution < 1.29 is 14.3 Å². The van der Waals surface area contributed by atoms with Gasteiger partial charge < -0.3 is 15.0 Å². The number of hydrogen-bond donors (Lipinski definition) is 1. The summed E-state index contributed by atoms with van der Waals surface area (Å²) in [6.07, 6.45) is 5.90. The maximum absolute atomic E-state index is 12.2. The molecule has 2 rings (SSSR count). The molecular weight excluding hydrogens is 336 g/mol. The second kappa shape index (κ2) is 10.3. The van der Waals surface area contributed by atoms with Crippen LogP contribution in [0.1, 0.15) is 39.0 Å². The maximum Gasteiger partial charge on any atom is 0.234 e. The number of anilines is 1. The van der Waals surface area contributed by atoms with Crippen molar-refractivity contribution in [3.05, 3.63) is 24.3 Å². The fourth-order valence-corrected chi connectivity index (χ4v) is 3.74. The lowest BCUT2D eigenvalue weighted by atomic mass is 9.94. The SMILES string of the molecule is CCOc1ccc(NC(=O)CSCC(=O)N(C)C2CCCCC2)cc1. The lowest BCUT2D eigenvalue weighted by molar-refractivity contribution is -0.129. The summed E-state index contributed by atoms with van der Waals surface area (Å²) in [6, 6.07) is 7.66. The predicted molar refractivity (Wildman–Crippen MR) is 103 cm³/mol. The summed E-state index contributed by atoms with van der Waals surface area (Å²) in [4.78, 5) is 26.1. The number of hydrogen-bond acceptors (Lipinski definition) is 4. The molecule has 0 unspecified atom stereocenters. The summed E-state index contributed by atoms with van der Waals surface area (Å²) in [6.45, 7) is 2.55. The smallest absolute Gasteiger partial charge is 0.234 e. The van der Waals surface area contributed by atoms with E-state index in [0.29, 0.717) is 18.4 Å². The second-order valence-corrected chi connectivity index (χ2v) is 7.28. The molecule has 2 amide bonds. The number of nitrogens with one attached hydrogen (secondary N) is 1. The van der Waals surface area contributed by atoms with Crippen molar-refractivity contribution in [2.45, 2.75) is 45.1 Å². The number of nitrogens with zero attached hydrogens (tertiary/aromatic N) is 1. The Hall–Kier alpha value is -1.69. The van der Waals surface area contributed by atoms with Gasteiger partial charge in [0, 0.05) is 18.8 Å². The largest absolute Gasteiger partial charge is 0.494 e. The molecule has 0 radical (unpaired) electrons. The molecule has 0 aromatic heterocycles. The Morgan fingerprint density at radius 1 is 1.16 bits per heavy atom. The Labute approximate surface area is 154 Å². The maximum atomic E-state index is 12.2. The first-order valence-corrected chi connectivity index (χ1v) is 10.1. The van der Waals surface area contributed by atoms with Gasteiger partial charge in [-0.2, -0.15) is 0 Å². The van der Waals surface area contributed by atoms with Gasteiger partial charge in [-0.05, 0) is 44.0 Å². The van der Waals surface area contributed by atoms with Crippen LogP contribution in [0.4, 0.5) is 5.69 Å². The standard InChI is InChI=1S/C19H28N2O3S/c1-3-24-17-11-9-15(10-12-17)20-18(22)13-25-14-19(23)21(2)16-7-5-4-6-8-16/h9-12,16H,3-8,13-14H2,1-2H3,(H,20,22). The van der Waals surface area contributed by atoms with E-state index >= 15 is 0 Å². The molecule has 1 aliphatic rings. The Bertz CT molecular complexity index is 556. The van der Waals surface area contributed by atoms with Gasteiger partial charge in [-0.15, -0.1) is 11.8 Å². The molecule has 138 valence electrons. The van der Waals surface area contributed by atoms with Crippen LogP contribution < -0.4 is 10.1 Å². The molecule has 1 saturated carbocycles. The molecule has 1 fully saturated rings. The molecule has 25 heavy (non-hydrogen) atoms. The zero-order chi connectivity index (χ0) is 18.1. The van der Waals surface area contributed by atoms with Crippen molar-refractivity contribution in [1.82, 2.24) is 4.90 Å². The first kappa shape index (κ1) is 19.6. The lowest BCUT2D eigenvalue weighted by Gasteiger charge is -2.31. The predicted octanol–water partition coefficient (Wildman–Crippen LogP) is 3.55. The second-order valence-electron chi connectivity index (χ2n) is 6.29. The van der Waals surface area contributed by atoms with Crippen molar-refractivity contribution in [2.24, 2.45) is 0 Å². The van der Waals surface area contributed by atoms with Crippen LogP contribution in [-0.2, 0) is 9.59 Å².